The fourth-order valence-electron chi connectivity index (χ4n) is 1.09. The summed E-state index contributed by atoms with van der Waals surface area (Å²) >= 11 is 4.86. The summed E-state index contributed by atoms with van der Waals surface area (Å²) in [5.41, 5.74) is 0. The molecular weight excluding hydrogens is 176 g/mol. The third-order valence-corrected chi connectivity index (χ3v) is 1.99. The third-order valence-electron chi connectivity index (χ3n) is 1.82. The fraction of sp³-hybridized carbons (Fsp3) is 0.889. The second kappa shape index (κ2) is 8.85. The maximum atomic E-state index is 10.5. The Morgan fingerprint density at radius 2 is 1.75 bits per heavy atom. The number of unbranched alkanes of at least 4 members (excludes halogenated alkanes) is 5. The summed E-state index contributed by atoms with van der Waals surface area (Å²) in [5.74, 6) is -0.313. The van der Waals surface area contributed by atoms with E-state index in [1.54, 1.807) is 0 Å². The molecule has 0 aromatic heterocycles. The minimum absolute atomic E-state index is 0.313. The van der Waals surface area contributed by atoms with Crippen LogP contribution in [-0.4, -0.2) is 5.97 Å². The van der Waals surface area contributed by atoms with Crippen molar-refractivity contribution >= 4 is 17.8 Å². The molecule has 72 valence electrons. The molecule has 0 saturated carbocycles. The molecule has 0 aliphatic heterocycles. The van der Waals surface area contributed by atoms with Crippen LogP contribution in [-0.2, 0) is 9.08 Å². The van der Waals surface area contributed by atoms with E-state index in [9.17, 15) is 4.79 Å². The van der Waals surface area contributed by atoms with Crippen LogP contribution in [0.4, 0.5) is 0 Å². The topological polar surface area (TPSA) is 26.3 Å². The highest BCUT2D eigenvalue weighted by Crippen LogP contribution is 2.07. The summed E-state index contributed by atoms with van der Waals surface area (Å²) in [4.78, 5) is 10.5. The van der Waals surface area contributed by atoms with Gasteiger partial charge in [-0.05, 0) is 6.42 Å². The Balaban J connectivity index is 2.95. The number of carbonyl (C=O) groups is 1. The predicted octanol–water partition coefficient (Wildman–Crippen LogP) is 3.43. The second-order valence-electron chi connectivity index (χ2n) is 2.97. The molecule has 0 radical (unpaired) electrons. The Labute approximate surface area is 79.4 Å². The van der Waals surface area contributed by atoms with E-state index in [-0.39, 0.29) is 5.97 Å². The van der Waals surface area contributed by atoms with Gasteiger partial charge in [-0.1, -0.05) is 39.0 Å². The van der Waals surface area contributed by atoms with Gasteiger partial charge in [0.15, 0.2) is 0 Å². The summed E-state index contributed by atoms with van der Waals surface area (Å²) in [6, 6.07) is 0. The third kappa shape index (κ3) is 7.86. The maximum Gasteiger partial charge on any atom is 0.324 e. The van der Waals surface area contributed by atoms with Crippen molar-refractivity contribution in [1.82, 2.24) is 0 Å². The summed E-state index contributed by atoms with van der Waals surface area (Å²) < 4.78 is 4.01. The second-order valence-corrected chi connectivity index (χ2v) is 3.12. The van der Waals surface area contributed by atoms with Gasteiger partial charge in [0.1, 0.15) is 11.9 Å². The lowest BCUT2D eigenvalue weighted by atomic mass is 10.1. The molecular formula is C9H17ClO2. The lowest BCUT2D eigenvalue weighted by Gasteiger charge is -1.98. The van der Waals surface area contributed by atoms with Crippen molar-refractivity contribution in [3.8, 4) is 0 Å². The van der Waals surface area contributed by atoms with E-state index in [2.05, 4.69) is 11.2 Å². The van der Waals surface area contributed by atoms with Crippen molar-refractivity contribution in [1.29, 1.82) is 0 Å². The number of halogens is 1. The molecule has 0 aliphatic carbocycles. The van der Waals surface area contributed by atoms with Crippen LogP contribution in [0.3, 0.4) is 0 Å². The van der Waals surface area contributed by atoms with Crippen LogP contribution >= 0.6 is 11.9 Å². The molecule has 0 aromatic carbocycles. The fourth-order valence-corrected chi connectivity index (χ4v) is 1.17. The lowest BCUT2D eigenvalue weighted by Crippen LogP contribution is -1.95. The molecule has 0 N–H and O–H groups in total. The van der Waals surface area contributed by atoms with Gasteiger partial charge in [-0.2, -0.15) is 0 Å². The highest BCUT2D eigenvalue weighted by molar-refractivity contribution is 6.13. The number of rotatable bonds is 7. The predicted molar refractivity (Wildman–Crippen MR) is 49.9 cm³/mol. The first-order valence-electron chi connectivity index (χ1n) is 4.62. The van der Waals surface area contributed by atoms with E-state index in [1.165, 1.54) is 25.7 Å². The normalized spacial score (nSPS) is 9.83. The zero-order chi connectivity index (χ0) is 9.23. The molecule has 0 saturated heterocycles. The molecule has 0 amide bonds. The number of hydrogen-bond donors (Lipinski definition) is 0. The van der Waals surface area contributed by atoms with E-state index in [0.717, 1.165) is 12.8 Å². The minimum Gasteiger partial charge on any atom is -0.348 e. The van der Waals surface area contributed by atoms with E-state index in [1.807, 2.05) is 0 Å². The van der Waals surface area contributed by atoms with Crippen molar-refractivity contribution in [3.05, 3.63) is 0 Å². The Hall–Kier alpha value is -0.240. The standard InChI is InChI=1S/C9H17ClO2/c1-2-3-4-5-6-7-8-9(11)12-10/h2-8H2,1H3. The first kappa shape index (κ1) is 11.8. The Kier molecular flexibility index (Phi) is 8.68. The SMILES string of the molecule is CCCCCCCCC(=O)OCl. The molecule has 0 aliphatic rings. The smallest absolute Gasteiger partial charge is 0.324 e. The molecule has 2 nitrogen and oxygen atoms in total. The molecule has 0 aromatic rings. The lowest BCUT2D eigenvalue weighted by molar-refractivity contribution is -0.134. The van der Waals surface area contributed by atoms with Gasteiger partial charge in [0, 0.05) is 6.42 Å². The molecule has 12 heavy (non-hydrogen) atoms. The first-order valence-corrected chi connectivity index (χ1v) is 4.93. The van der Waals surface area contributed by atoms with E-state index >= 15 is 0 Å². The van der Waals surface area contributed by atoms with Crippen LogP contribution in [0, 0.1) is 0 Å². The van der Waals surface area contributed by atoms with Gasteiger partial charge < -0.3 is 4.29 Å². The number of hydrogen-bond acceptors (Lipinski definition) is 2. The summed E-state index contributed by atoms with van der Waals surface area (Å²) in [6.45, 7) is 2.19. The molecule has 0 bridgehead atoms. The van der Waals surface area contributed by atoms with Crippen LogP contribution in [0.1, 0.15) is 51.9 Å². The van der Waals surface area contributed by atoms with Crippen LogP contribution in [0.25, 0.3) is 0 Å². The summed E-state index contributed by atoms with van der Waals surface area (Å²) in [7, 11) is 0. The Morgan fingerprint density at radius 3 is 2.33 bits per heavy atom. The highest BCUT2D eigenvalue weighted by atomic mass is 35.5. The molecule has 3 heteroatoms. The molecule has 0 heterocycles. The molecule has 0 atom stereocenters. The van der Waals surface area contributed by atoms with E-state index in [4.69, 9.17) is 11.9 Å². The number of carbonyl (C=O) groups excluding carboxylic acids is 1. The summed E-state index contributed by atoms with van der Waals surface area (Å²) in [6.07, 6.45) is 7.48. The van der Waals surface area contributed by atoms with Gasteiger partial charge in [0.2, 0.25) is 0 Å². The van der Waals surface area contributed by atoms with Crippen LogP contribution in [0.5, 0.6) is 0 Å². The molecule has 0 spiro atoms. The van der Waals surface area contributed by atoms with Gasteiger partial charge >= 0.3 is 5.97 Å². The van der Waals surface area contributed by atoms with Crippen LogP contribution in [0.2, 0.25) is 0 Å². The van der Waals surface area contributed by atoms with Gasteiger partial charge in [-0.25, -0.2) is 0 Å². The van der Waals surface area contributed by atoms with Gasteiger partial charge in [0.25, 0.3) is 0 Å². The average Bonchev–Trinajstić information content (AvgIpc) is 2.10. The maximum absolute atomic E-state index is 10.5. The van der Waals surface area contributed by atoms with Gasteiger partial charge in [-0.3, -0.25) is 4.79 Å². The molecule has 0 rings (SSSR count). The van der Waals surface area contributed by atoms with Crippen LogP contribution < -0.4 is 0 Å². The Morgan fingerprint density at radius 1 is 1.17 bits per heavy atom. The van der Waals surface area contributed by atoms with Crippen LogP contribution in [0.15, 0.2) is 0 Å². The zero-order valence-electron chi connectivity index (χ0n) is 7.64. The van der Waals surface area contributed by atoms with Crippen molar-refractivity contribution in [2.45, 2.75) is 51.9 Å². The molecule has 0 unspecified atom stereocenters. The van der Waals surface area contributed by atoms with Crippen molar-refractivity contribution in [3.63, 3.8) is 0 Å². The van der Waals surface area contributed by atoms with E-state index in [0.29, 0.717) is 6.42 Å². The van der Waals surface area contributed by atoms with Gasteiger partial charge in [0.05, 0.1) is 0 Å². The van der Waals surface area contributed by atoms with Crippen molar-refractivity contribution < 1.29 is 9.08 Å². The summed E-state index contributed by atoms with van der Waals surface area (Å²) in [5, 5.41) is 0. The van der Waals surface area contributed by atoms with Gasteiger partial charge in [-0.15, -0.1) is 0 Å². The van der Waals surface area contributed by atoms with Crippen molar-refractivity contribution in [2.75, 3.05) is 0 Å². The minimum atomic E-state index is -0.313. The highest BCUT2D eigenvalue weighted by Gasteiger charge is 1.99. The largest absolute Gasteiger partial charge is 0.348 e. The van der Waals surface area contributed by atoms with E-state index < -0.39 is 0 Å². The zero-order valence-corrected chi connectivity index (χ0v) is 8.40. The first-order chi connectivity index (χ1) is 5.81. The van der Waals surface area contributed by atoms with Crippen molar-refractivity contribution in [2.24, 2.45) is 0 Å². The monoisotopic (exact) mass is 192 g/mol. The average molecular weight is 193 g/mol. The Bertz CT molecular complexity index is 115. The molecule has 0 fully saturated rings. The quantitative estimate of drug-likeness (QED) is 0.578.